The van der Waals surface area contributed by atoms with Crippen LogP contribution in [-0.4, -0.2) is 111 Å². The highest BCUT2D eigenvalue weighted by molar-refractivity contribution is 5.85. The molecule has 0 aliphatic carbocycles. The summed E-state index contributed by atoms with van der Waals surface area (Å²) in [6.45, 7) is 24.0. The molecule has 3 N–H and O–H groups in total. The normalized spacial score (nSPS) is 12.9. The number of hydrogen-bond acceptors (Lipinski definition) is 11. The summed E-state index contributed by atoms with van der Waals surface area (Å²) in [7, 11) is 0. The van der Waals surface area contributed by atoms with Crippen LogP contribution in [0.2, 0.25) is 0 Å². The minimum absolute atomic E-state index is 0. The van der Waals surface area contributed by atoms with Gasteiger partial charge in [0.05, 0.1) is 43.3 Å². The third-order valence-corrected chi connectivity index (χ3v) is 11.3. The Hall–Kier alpha value is -8.64. The van der Waals surface area contributed by atoms with Crippen molar-refractivity contribution in [3.63, 3.8) is 0 Å². The van der Waals surface area contributed by atoms with Gasteiger partial charge in [0, 0.05) is 97.1 Å². The van der Waals surface area contributed by atoms with E-state index >= 15 is 0 Å². The molecule has 4 aromatic heterocycles. The van der Waals surface area contributed by atoms with Gasteiger partial charge >= 0.3 is 5.97 Å². The van der Waals surface area contributed by atoms with E-state index in [4.69, 9.17) is 24.0 Å². The molecular weight excluding hydrogens is 897 g/mol. The number of Topliss-reactive ketones (excluding diaryl/α,β-unsaturated/α-hetero) is 1. The highest BCUT2D eigenvalue weighted by Crippen LogP contribution is 2.33. The number of carbonyl (C=O) groups is 4. The van der Waals surface area contributed by atoms with Gasteiger partial charge in [0.1, 0.15) is 11.6 Å². The van der Waals surface area contributed by atoms with Crippen molar-refractivity contribution in [3.8, 4) is 22.3 Å². The van der Waals surface area contributed by atoms with Gasteiger partial charge in [-0.15, -0.1) is 0 Å². The van der Waals surface area contributed by atoms with E-state index < -0.39 is 17.9 Å². The Morgan fingerprint density at radius 3 is 1.44 bits per heavy atom. The maximum absolute atomic E-state index is 13.5. The Balaban J connectivity index is 0.000000214. The second-order valence-corrected chi connectivity index (χ2v) is 16.1. The number of amides is 2. The van der Waals surface area contributed by atoms with Crippen LogP contribution in [0.15, 0.2) is 110 Å². The molecule has 0 spiro atoms. The molecule has 0 unspecified atom stereocenters. The third kappa shape index (κ3) is 14.7. The zero-order valence-corrected chi connectivity index (χ0v) is 38.1. The molecule has 0 radical (unpaired) electrons. The van der Waals surface area contributed by atoms with Gasteiger partial charge in [-0.05, 0) is 76.3 Å². The van der Waals surface area contributed by atoms with Crippen molar-refractivity contribution >= 4 is 52.1 Å². The summed E-state index contributed by atoms with van der Waals surface area (Å²) in [5.41, 5.74) is 12.5. The van der Waals surface area contributed by atoms with Crippen molar-refractivity contribution < 1.29 is 33.1 Å². The molecule has 8 rings (SSSR count). The van der Waals surface area contributed by atoms with Crippen LogP contribution in [0.1, 0.15) is 38.1 Å². The molecule has 0 bridgehead atoms. The monoisotopic (exact) mass is 949 g/mol. The van der Waals surface area contributed by atoms with Crippen LogP contribution in [0.3, 0.4) is 0 Å². The molecule has 2 amide bonds. The summed E-state index contributed by atoms with van der Waals surface area (Å²) in [4.78, 5) is 76.4. The standard InChI is InChI=1S/C26H24FN5O2.C14H9FN2O2.C11H16N4O.CH4/c1-18(33)31-9-11-32(12-10-31)22-5-4-21(30-17-22)16-23(34)13-19-3-6-24(25(14-19)28-2)20-7-8-29-26(27)15-20;1-16-12-6-9(7-14(18)19)2-3-11(12)10-4-5-17-13(15)8-10;1-9(16)14-4-6-15(7-5-14)10-2-3-11(12)13-8-10;/h3-8,14-15,17H,9-13,16H2,1H3;2-6,8H,7H2,(H,18,19);2-3,8H,4-7H2,1H3,(H2,12,13);1H4. The van der Waals surface area contributed by atoms with Crippen LogP contribution in [0.5, 0.6) is 0 Å². The maximum Gasteiger partial charge on any atom is 0.307 e. The average Bonchev–Trinajstić information content (AvgIpc) is 3.34. The minimum Gasteiger partial charge on any atom is -0.481 e. The van der Waals surface area contributed by atoms with Gasteiger partial charge < -0.3 is 30.4 Å². The van der Waals surface area contributed by atoms with Crippen LogP contribution in [0, 0.1) is 25.0 Å². The van der Waals surface area contributed by atoms with Gasteiger partial charge in [-0.3, -0.25) is 24.2 Å². The van der Waals surface area contributed by atoms with E-state index in [1.165, 1.54) is 30.6 Å². The number of aromatic nitrogens is 4. The Morgan fingerprint density at radius 2 is 1.06 bits per heavy atom. The van der Waals surface area contributed by atoms with E-state index in [9.17, 15) is 28.0 Å². The Kier molecular flexibility index (Phi) is 18.6. The van der Waals surface area contributed by atoms with Crippen LogP contribution < -0.4 is 15.5 Å². The van der Waals surface area contributed by atoms with Crippen LogP contribution in [0.4, 0.5) is 37.3 Å². The zero-order valence-electron chi connectivity index (χ0n) is 38.1. The van der Waals surface area contributed by atoms with Gasteiger partial charge in [0.25, 0.3) is 0 Å². The number of nitrogens with two attached hydrogens (primary N) is 1. The SMILES string of the molecule is C.CC(=O)N1CCN(c2ccc(N)nc2)CC1.[C-]#[N+]c1cc(CC(=O)Cc2ccc(N3CCN(C(C)=O)CC3)cn2)ccc1-c1ccnc(F)c1.[C-]#[N+]c1cc(CC(=O)O)ccc1-c1ccnc(F)c1. The fourth-order valence-corrected chi connectivity index (χ4v) is 7.71. The first-order valence-corrected chi connectivity index (χ1v) is 21.8. The summed E-state index contributed by atoms with van der Waals surface area (Å²) in [5.74, 6) is -1.42. The zero-order chi connectivity index (χ0) is 49.5. The number of hydrogen-bond donors (Lipinski definition) is 2. The van der Waals surface area contributed by atoms with Crippen molar-refractivity contribution in [1.29, 1.82) is 0 Å². The summed E-state index contributed by atoms with van der Waals surface area (Å²) in [5, 5.41) is 8.72. The summed E-state index contributed by atoms with van der Waals surface area (Å²) in [6, 6.07) is 23.3. The van der Waals surface area contributed by atoms with Crippen molar-refractivity contribution in [1.82, 2.24) is 29.7 Å². The lowest BCUT2D eigenvalue weighted by molar-refractivity contribution is -0.136. The largest absolute Gasteiger partial charge is 0.481 e. The molecule has 2 aliphatic heterocycles. The first-order valence-electron chi connectivity index (χ1n) is 21.8. The number of anilines is 3. The fraction of sp³-hybridized carbons (Fsp3) is 0.269. The number of halogens is 2. The molecule has 6 heterocycles. The summed E-state index contributed by atoms with van der Waals surface area (Å²) in [6.07, 6.45) is 6.47. The molecule has 0 saturated carbocycles. The maximum atomic E-state index is 13.5. The van der Waals surface area contributed by atoms with E-state index in [1.54, 1.807) is 74.8 Å². The molecule has 2 fully saturated rings. The van der Waals surface area contributed by atoms with Gasteiger partial charge in [-0.1, -0.05) is 49.4 Å². The van der Waals surface area contributed by atoms with Gasteiger partial charge in [0.2, 0.25) is 23.7 Å². The van der Waals surface area contributed by atoms with Crippen LogP contribution in [0.25, 0.3) is 31.9 Å². The van der Waals surface area contributed by atoms with E-state index in [2.05, 4.69) is 39.4 Å². The number of aliphatic carboxylic acids is 1. The lowest BCUT2D eigenvalue weighted by Gasteiger charge is -2.35. The van der Waals surface area contributed by atoms with E-state index in [0.717, 1.165) is 56.2 Å². The Labute approximate surface area is 405 Å². The minimum atomic E-state index is -0.960. The summed E-state index contributed by atoms with van der Waals surface area (Å²) < 4.78 is 26.5. The summed E-state index contributed by atoms with van der Waals surface area (Å²) >= 11 is 0. The van der Waals surface area contributed by atoms with Crippen molar-refractivity contribution in [2.45, 2.75) is 40.5 Å². The second kappa shape index (κ2) is 24.9. The lowest BCUT2D eigenvalue weighted by Crippen LogP contribution is -2.48. The van der Waals surface area contributed by atoms with Crippen LogP contribution >= 0.6 is 0 Å². The molecule has 2 aliphatic rings. The number of nitrogens with zero attached hydrogens (tertiary/aromatic N) is 10. The number of piperazine rings is 2. The van der Waals surface area contributed by atoms with Crippen molar-refractivity contribution in [3.05, 3.63) is 161 Å². The first-order chi connectivity index (χ1) is 33.2. The number of pyridine rings is 4. The number of carbonyl (C=O) groups excluding carboxylic acids is 3. The molecule has 2 saturated heterocycles. The lowest BCUT2D eigenvalue weighted by atomic mass is 9.99. The third-order valence-electron chi connectivity index (χ3n) is 11.3. The van der Waals surface area contributed by atoms with Gasteiger partial charge in [-0.25, -0.2) is 24.6 Å². The van der Waals surface area contributed by atoms with E-state index in [1.807, 2.05) is 28.0 Å². The quantitative estimate of drug-likeness (QED) is 0.100. The van der Waals surface area contributed by atoms with E-state index in [0.29, 0.717) is 63.8 Å². The number of nitrogen functional groups attached to an aromatic ring is 1. The first kappa shape index (κ1) is 52.3. The Morgan fingerprint density at radius 1 is 0.600 bits per heavy atom. The Bertz CT molecular complexity index is 2870. The predicted octanol–water partition coefficient (Wildman–Crippen LogP) is 7.89. The van der Waals surface area contributed by atoms with E-state index in [-0.39, 0.29) is 44.3 Å². The molecule has 2 aromatic carbocycles. The smallest absolute Gasteiger partial charge is 0.307 e. The number of carboxylic acids is 1. The number of rotatable bonds is 10. The predicted molar refractivity (Wildman–Crippen MR) is 264 cm³/mol. The van der Waals surface area contributed by atoms with Crippen molar-refractivity contribution in [2.75, 3.05) is 67.9 Å². The number of carboxylic acid groups (broad SMARTS) is 1. The van der Waals surface area contributed by atoms with Crippen molar-refractivity contribution in [2.24, 2.45) is 0 Å². The van der Waals surface area contributed by atoms with Gasteiger partial charge in [0.15, 0.2) is 11.4 Å². The topological polar surface area (TPSA) is 188 Å². The molecule has 16 nitrogen and oxygen atoms in total. The fourth-order valence-electron chi connectivity index (χ4n) is 7.71. The average molecular weight is 950 g/mol. The second-order valence-electron chi connectivity index (χ2n) is 16.1. The van der Waals surface area contributed by atoms with Gasteiger partial charge in [-0.2, -0.15) is 8.78 Å². The molecule has 0 atom stereocenters. The van der Waals surface area contributed by atoms with Crippen LogP contribution in [-0.2, 0) is 38.4 Å². The molecule has 18 heteroatoms. The highest BCUT2D eigenvalue weighted by Gasteiger charge is 2.21. The molecule has 360 valence electrons. The molecule has 6 aromatic rings. The molecule has 70 heavy (non-hydrogen) atoms. The molecular formula is C52H53F2N11O5. The number of benzene rings is 2. The highest BCUT2D eigenvalue weighted by atomic mass is 19.1. The number of ketones is 1.